The van der Waals surface area contributed by atoms with Gasteiger partial charge < -0.3 is 4.74 Å². The molecular weight excluding hydrogens is 222 g/mol. The zero-order chi connectivity index (χ0) is 13.4. The smallest absolute Gasteiger partial charge is 0.121 e. The molecule has 0 aliphatic heterocycles. The number of ether oxygens (including phenoxy) is 1. The van der Waals surface area contributed by atoms with E-state index < -0.39 is 0 Å². The highest BCUT2D eigenvalue weighted by Crippen LogP contribution is 2.17. The lowest BCUT2D eigenvalue weighted by Gasteiger charge is -2.03. The monoisotopic (exact) mass is 239 g/mol. The van der Waals surface area contributed by atoms with E-state index >= 15 is 0 Å². The lowest BCUT2D eigenvalue weighted by Crippen LogP contribution is -1.86. The van der Waals surface area contributed by atoms with Gasteiger partial charge in [0.1, 0.15) is 5.75 Å². The van der Waals surface area contributed by atoms with Gasteiger partial charge in [0.05, 0.1) is 18.7 Å². The van der Waals surface area contributed by atoms with E-state index in [1.807, 2.05) is 43.3 Å². The molecule has 2 nitrogen and oxygen atoms in total. The van der Waals surface area contributed by atoms with Crippen LogP contribution in [0.1, 0.15) is 16.7 Å². The average Bonchev–Trinajstić information content (AvgIpc) is 2.40. The summed E-state index contributed by atoms with van der Waals surface area (Å²) in [5.74, 6) is 0.964. The summed E-state index contributed by atoms with van der Waals surface area (Å²) in [4.78, 5) is 0. The number of benzene rings is 2. The molecule has 0 spiro atoms. The Morgan fingerprint density at radius 3 is 2.11 bits per heavy atom. The number of hydrogen-bond acceptors (Lipinski definition) is 2. The summed E-state index contributed by atoms with van der Waals surface area (Å²) in [6.07, 6.45) is 0. The van der Waals surface area contributed by atoms with Gasteiger partial charge in [-0.2, -0.15) is 5.26 Å². The minimum absolute atomic E-state index is 0.715. The van der Waals surface area contributed by atoms with Crippen LogP contribution in [0.5, 0.6) is 5.75 Å². The van der Waals surface area contributed by atoms with E-state index in [0.29, 0.717) is 5.56 Å². The van der Waals surface area contributed by atoms with Crippen LogP contribution < -0.4 is 4.74 Å². The molecule has 0 bridgehead atoms. The number of nitrogens with zero attached hydrogens (tertiary/aromatic N) is 1. The largest absolute Gasteiger partial charge is 0.496 e. The number of nitriles is 1. The molecular formula is C16H17NO. The van der Waals surface area contributed by atoms with Crippen LogP contribution in [-0.2, 0) is 0 Å². The highest BCUT2D eigenvalue weighted by Gasteiger charge is 1.94. The predicted octanol–water partition coefficient (Wildman–Crippen LogP) is 3.87. The summed E-state index contributed by atoms with van der Waals surface area (Å²) in [5.41, 5.74) is 3.19. The molecule has 0 N–H and O–H groups in total. The topological polar surface area (TPSA) is 33.0 Å². The molecule has 0 atom stereocenters. The van der Waals surface area contributed by atoms with Gasteiger partial charge in [-0.1, -0.05) is 35.9 Å². The first kappa shape index (κ1) is 13.8. The highest BCUT2D eigenvalue weighted by molar-refractivity contribution is 5.35. The molecule has 0 fully saturated rings. The molecule has 0 amide bonds. The molecule has 0 aromatic heterocycles. The third-order valence-electron chi connectivity index (χ3n) is 2.45. The lowest BCUT2D eigenvalue weighted by molar-refractivity contribution is 0.411. The van der Waals surface area contributed by atoms with Gasteiger partial charge in [-0.25, -0.2) is 0 Å². The molecule has 92 valence electrons. The minimum atomic E-state index is 0.715. The van der Waals surface area contributed by atoms with Gasteiger partial charge in [-0.15, -0.1) is 0 Å². The predicted molar refractivity (Wildman–Crippen MR) is 73.6 cm³/mol. The summed E-state index contributed by atoms with van der Waals surface area (Å²) in [6, 6.07) is 17.3. The number of rotatable bonds is 1. The van der Waals surface area contributed by atoms with Crippen LogP contribution in [-0.4, -0.2) is 7.11 Å². The summed E-state index contributed by atoms with van der Waals surface area (Å²) in [7, 11) is 1.69. The second kappa shape index (κ2) is 7.13. The first-order valence-corrected chi connectivity index (χ1v) is 5.73. The molecule has 0 aliphatic rings. The Balaban J connectivity index is 0.000000184. The van der Waals surface area contributed by atoms with E-state index in [2.05, 4.69) is 13.0 Å². The average molecular weight is 239 g/mol. The summed E-state index contributed by atoms with van der Waals surface area (Å²) in [5, 5.41) is 8.29. The van der Waals surface area contributed by atoms with Crippen LogP contribution in [0, 0.1) is 25.2 Å². The number of hydrogen-bond donors (Lipinski definition) is 0. The quantitative estimate of drug-likeness (QED) is 0.756. The van der Waals surface area contributed by atoms with Crippen LogP contribution in [0.25, 0.3) is 0 Å². The second-order valence-corrected chi connectivity index (χ2v) is 3.95. The van der Waals surface area contributed by atoms with Crippen LogP contribution >= 0.6 is 0 Å². The van der Waals surface area contributed by atoms with Crippen LogP contribution in [0.4, 0.5) is 0 Å². The molecule has 18 heavy (non-hydrogen) atoms. The fourth-order valence-corrected chi connectivity index (χ4v) is 1.54. The van der Waals surface area contributed by atoms with Crippen molar-refractivity contribution in [1.29, 1.82) is 5.26 Å². The third-order valence-corrected chi connectivity index (χ3v) is 2.45. The van der Waals surface area contributed by atoms with Crippen LogP contribution in [0.15, 0.2) is 48.5 Å². The van der Waals surface area contributed by atoms with Gasteiger partial charge >= 0.3 is 0 Å². The van der Waals surface area contributed by atoms with Crippen molar-refractivity contribution in [3.05, 3.63) is 65.2 Å². The van der Waals surface area contributed by atoms with Gasteiger partial charge in [0.15, 0.2) is 0 Å². The maximum atomic E-state index is 8.29. The molecule has 2 aromatic carbocycles. The minimum Gasteiger partial charge on any atom is -0.496 e. The Kier molecular flexibility index (Phi) is 5.47. The molecule has 0 saturated carbocycles. The SMILES string of the molecule is COc1ccc(C)cc1C.N#Cc1ccccc1. The summed E-state index contributed by atoms with van der Waals surface area (Å²) >= 11 is 0. The summed E-state index contributed by atoms with van der Waals surface area (Å²) < 4.78 is 5.10. The number of aryl methyl sites for hydroxylation is 2. The zero-order valence-corrected chi connectivity index (χ0v) is 11.0. The van der Waals surface area contributed by atoms with Gasteiger partial charge in [0.25, 0.3) is 0 Å². The number of methoxy groups -OCH3 is 1. The van der Waals surface area contributed by atoms with E-state index in [1.165, 1.54) is 11.1 Å². The molecule has 0 aliphatic carbocycles. The Hall–Kier alpha value is -2.27. The fourth-order valence-electron chi connectivity index (χ4n) is 1.54. The van der Waals surface area contributed by atoms with E-state index in [1.54, 1.807) is 19.2 Å². The van der Waals surface area contributed by atoms with Gasteiger partial charge in [0.2, 0.25) is 0 Å². The summed E-state index contributed by atoms with van der Waals surface area (Å²) in [6.45, 7) is 4.12. The van der Waals surface area contributed by atoms with Crippen molar-refractivity contribution in [3.63, 3.8) is 0 Å². The molecule has 2 rings (SSSR count). The first-order chi connectivity index (χ1) is 8.67. The molecule has 0 radical (unpaired) electrons. The first-order valence-electron chi connectivity index (χ1n) is 5.73. The maximum Gasteiger partial charge on any atom is 0.121 e. The van der Waals surface area contributed by atoms with Crippen LogP contribution in [0.3, 0.4) is 0 Å². The molecule has 0 unspecified atom stereocenters. The maximum absolute atomic E-state index is 8.29. The van der Waals surface area contributed by atoms with E-state index in [4.69, 9.17) is 10.00 Å². The normalized spacial score (nSPS) is 8.78. The van der Waals surface area contributed by atoms with Crippen molar-refractivity contribution in [2.45, 2.75) is 13.8 Å². The Bertz CT molecular complexity index is 527. The van der Waals surface area contributed by atoms with Crippen molar-refractivity contribution in [3.8, 4) is 11.8 Å². The fraction of sp³-hybridized carbons (Fsp3) is 0.188. The van der Waals surface area contributed by atoms with E-state index in [9.17, 15) is 0 Å². The Morgan fingerprint density at radius 1 is 1.00 bits per heavy atom. The second-order valence-electron chi connectivity index (χ2n) is 3.95. The Morgan fingerprint density at radius 2 is 1.67 bits per heavy atom. The van der Waals surface area contributed by atoms with Gasteiger partial charge in [-0.3, -0.25) is 0 Å². The van der Waals surface area contributed by atoms with Gasteiger partial charge in [-0.05, 0) is 37.6 Å². The third kappa shape index (κ3) is 4.31. The van der Waals surface area contributed by atoms with Crippen molar-refractivity contribution in [2.75, 3.05) is 7.11 Å². The zero-order valence-electron chi connectivity index (χ0n) is 11.0. The highest BCUT2D eigenvalue weighted by atomic mass is 16.5. The van der Waals surface area contributed by atoms with Crippen molar-refractivity contribution in [2.24, 2.45) is 0 Å². The molecule has 0 saturated heterocycles. The van der Waals surface area contributed by atoms with E-state index in [-0.39, 0.29) is 0 Å². The van der Waals surface area contributed by atoms with Crippen molar-refractivity contribution < 1.29 is 4.74 Å². The van der Waals surface area contributed by atoms with Crippen molar-refractivity contribution >= 4 is 0 Å². The van der Waals surface area contributed by atoms with Crippen LogP contribution in [0.2, 0.25) is 0 Å². The molecule has 2 heteroatoms. The van der Waals surface area contributed by atoms with Gasteiger partial charge in [0, 0.05) is 0 Å². The lowest BCUT2D eigenvalue weighted by atomic mass is 10.1. The Labute approximate surface area is 108 Å². The standard InChI is InChI=1S/C9H12O.C7H5N/c1-7-4-5-9(10-3)8(2)6-7;8-6-7-4-2-1-3-5-7/h4-6H,1-3H3;1-5H. The van der Waals surface area contributed by atoms with Crippen molar-refractivity contribution in [1.82, 2.24) is 0 Å². The molecule has 2 aromatic rings. The van der Waals surface area contributed by atoms with E-state index in [0.717, 1.165) is 5.75 Å². The molecule has 0 heterocycles.